The van der Waals surface area contributed by atoms with Crippen molar-refractivity contribution in [1.29, 1.82) is 0 Å². The van der Waals surface area contributed by atoms with Gasteiger partial charge in [0.25, 0.3) is 0 Å². The molecule has 0 unspecified atom stereocenters. The number of aryl methyl sites for hydroxylation is 1. The summed E-state index contributed by atoms with van der Waals surface area (Å²) >= 11 is 0. The maximum Gasteiger partial charge on any atom is 0.146 e. The Labute approximate surface area is 97.3 Å². The van der Waals surface area contributed by atoms with E-state index >= 15 is 0 Å². The van der Waals surface area contributed by atoms with Crippen LogP contribution in [0, 0.1) is 18.6 Å². The first-order chi connectivity index (χ1) is 8.06. The van der Waals surface area contributed by atoms with Crippen LogP contribution >= 0.6 is 0 Å². The fourth-order valence-corrected chi connectivity index (χ4v) is 1.34. The molecule has 1 aromatic heterocycles. The van der Waals surface area contributed by atoms with Crippen LogP contribution in [0.3, 0.4) is 0 Å². The summed E-state index contributed by atoms with van der Waals surface area (Å²) in [4.78, 5) is 4.02. The highest BCUT2D eigenvalue weighted by molar-refractivity contribution is 5.61. The zero-order valence-corrected chi connectivity index (χ0v) is 9.17. The summed E-state index contributed by atoms with van der Waals surface area (Å²) in [7, 11) is 0. The fraction of sp³-hybridized carbons (Fsp3) is 0.0833. The first kappa shape index (κ1) is 11.3. The molecule has 88 valence electrons. The standard InChI is InChI=1S/C12H11F2N3/c1-7-6-16-12(5-10(7)15)17-11-4-8(13)2-3-9(11)14/h2-6H,1H3,(H3,15,16,17). The van der Waals surface area contributed by atoms with Crippen molar-refractivity contribution in [2.45, 2.75) is 6.92 Å². The van der Waals surface area contributed by atoms with E-state index in [0.29, 0.717) is 11.5 Å². The summed E-state index contributed by atoms with van der Waals surface area (Å²) in [5, 5.41) is 2.67. The average Bonchev–Trinajstić information content (AvgIpc) is 2.29. The first-order valence-corrected chi connectivity index (χ1v) is 5.00. The Kier molecular flexibility index (Phi) is 2.91. The predicted octanol–water partition coefficient (Wildman–Crippen LogP) is 2.99. The van der Waals surface area contributed by atoms with Crippen molar-refractivity contribution in [3.05, 3.63) is 47.7 Å². The molecule has 1 heterocycles. The molecule has 3 nitrogen and oxygen atoms in total. The second kappa shape index (κ2) is 4.37. The molecule has 17 heavy (non-hydrogen) atoms. The van der Waals surface area contributed by atoms with E-state index in [9.17, 15) is 8.78 Å². The van der Waals surface area contributed by atoms with Crippen molar-refractivity contribution in [2.24, 2.45) is 0 Å². The lowest BCUT2D eigenvalue weighted by Gasteiger charge is -2.08. The minimum absolute atomic E-state index is 0.0285. The average molecular weight is 235 g/mol. The lowest BCUT2D eigenvalue weighted by molar-refractivity contribution is 0.603. The van der Waals surface area contributed by atoms with Crippen LogP contribution in [-0.2, 0) is 0 Å². The summed E-state index contributed by atoms with van der Waals surface area (Å²) in [6.45, 7) is 1.81. The van der Waals surface area contributed by atoms with Crippen LogP contribution in [0.25, 0.3) is 0 Å². The van der Waals surface area contributed by atoms with Gasteiger partial charge in [0.2, 0.25) is 0 Å². The largest absolute Gasteiger partial charge is 0.398 e. The van der Waals surface area contributed by atoms with Gasteiger partial charge in [0.05, 0.1) is 5.69 Å². The van der Waals surface area contributed by atoms with E-state index in [4.69, 9.17) is 5.73 Å². The number of nitrogens with zero attached hydrogens (tertiary/aromatic N) is 1. The number of pyridine rings is 1. The lowest BCUT2D eigenvalue weighted by Crippen LogP contribution is -1.99. The monoisotopic (exact) mass is 235 g/mol. The van der Waals surface area contributed by atoms with Crippen molar-refractivity contribution in [3.8, 4) is 0 Å². The van der Waals surface area contributed by atoms with Crippen LogP contribution in [0.2, 0.25) is 0 Å². The molecule has 0 bridgehead atoms. The van der Waals surface area contributed by atoms with Gasteiger partial charge in [0.1, 0.15) is 17.5 Å². The van der Waals surface area contributed by atoms with E-state index < -0.39 is 11.6 Å². The summed E-state index contributed by atoms with van der Waals surface area (Å²) < 4.78 is 26.3. The Hall–Kier alpha value is -2.17. The first-order valence-electron chi connectivity index (χ1n) is 5.00. The molecule has 3 N–H and O–H groups in total. The normalized spacial score (nSPS) is 10.3. The molecule has 1 aromatic carbocycles. The second-order valence-electron chi connectivity index (χ2n) is 3.68. The lowest BCUT2D eigenvalue weighted by atomic mass is 10.2. The number of hydrogen-bond acceptors (Lipinski definition) is 3. The van der Waals surface area contributed by atoms with Crippen LogP contribution in [0.15, 0.2) is 30.5 Å². The number of rotatable bonds is 2. The van der Waals surface area contributed by atoms with Crippen molar-refractivity contribution in [2.75, 3.05) is 11.1 Å². The smallest absolute Gasteiger partial charge is 0.146 e. The molecule has 0 aliphatic carbocycles. The van der Waals surface area contributed by atoms with Crippen LogP contribution in [0.4, 0.5) is 26.0 Å². The van der Waals surface area contributed by atoms with Gasteiger partial charge in [-0.05, 0) is 24.6 Å². The maximum atomic E-state index is 13.3. The van der Waals surface area contributed by atoms with E-state index in [1.165, 1.54) is 0 Å². The van der Waals surface area contributed by atoms with Crippen molar-refractivity contribution in [3.63, 3.8) is 0 Å². The zero-order valence-electron chi connectivity index (χ0n) is 9.17. The van der Waals surface area contributed by atoms with Crippen LogP contribution in [0.1, 0.15) is 5.56 Å². The summed E-state index contributed by atoms with van der Waals surface area (Å²) in [6.07, 6.45) is 1.56. The molecular weight excluding hydrogens is 224 g/mol. The van der Waals surface area contributed by atoms with E-state index in [1.54, 1.807) is 12.3 Å². The third-order valence-electron chi connectivity index (χ3n) is 2.34. The van der Waals surface area contributed by atoms with Gasteiger partial charge in [-0.3, -0.25) is 0 Å². The Balaban J connectivity index is 2.31. The van der Waals surface area contributed by atoms with Crippen LogP contribution in [-0.4, -0.2) is 4.98 Å². The van der Waals surface area contributed by atoms with Crippen molar-refractivity contribution in [1.82, 2.24) is 4.98 Å². The van der Waals surface area contributed by atoms with Crippen molar-refractivity contribution >= 4 is 17.2 Å². The summed E-state index contributed by atoms with van der Waals surface area (Å²) in [5.41, 5.74) is 7.09. The highest BCUT2D eigenvalue weighted by Crippen LogP contribution is 2.21. The topological polar surface area (TPSA) is 50.9 Å². The minimum atomic E-state index is -0.549. The highest BCUT2D eigenvalue weighted by Gasteiger charge is 2.05. The SMILES string of the molecule is Cc1cnc(Nc2cc(F)ccc2F)cc1N. The molecule has 0 atom stereocenters. The second-order valence-corrected chi connectivity index (χ2v) is 3.68. The molecule has 0 amide bonds. The van der Waals surface area contributed by atoms with Gasteiger partial charge in [0, 0.05) is 24.0 Å². The number of nitrogens with one attached hydrogen (secondary N) is 1. The number of aromatic nitrogens is 1. The van der Waals surface area contributed by atoms with E-state index in [-0.39, 0.29) is 5.69 Å². The number of anilines is 3. The number of nitrogen functional groups attached to an aromatic ring is 1. The number of nitrogens with two attached hydrogens (primary N) is 1. The quantitative estimate of drug-likeness (QED) is 0.841. The number of benzene rings is 1. The Bertz CT molecular complexity index is 555. The van der Waals surface area contributed by atoms with E-state index in [1.807, 2.05) is 6.92 Å². The molecule has 5 heteroatoms. The van der Waals surface area contributed by atoms with Crippen LogP contribution < -0.4 is 11.1 Å². The molecule has 2 rings (SSSR count). The molecule has 0 aliphatic rings. The van der Waals surface area contributed by atoms with Gasteiger partial charge in [-0.25, -0.2) is 13.8 Å². The molecule has 2 aromatic rings. The molecule has 0 saturated heterocycles. The fourth-order valence-electron chi connectivity index (χ4n) is 1.34. The van der Waals surface area contributed by atoms with E-state index in [0.717, 1.165) is 23.8 Å². The summed E-state index contributed by atoms with van der Waals surface area (Å²) in [6, 6.07) is 4.74. The van der Waals surface area contributed by atoms with Gasteiger partial charge in [-0.15, -0.1) is 0 Å². The predicted molar refractivity (Wildman–Crippen MR) is 63.0 cm³/mol. The third kappa shape index (κ3) is 2.50. The molecular formula is C12H11F2N3. The highest BCUT2D eigenvalue weighted by atomic mass is 19.1. The zero-order chi connectivity index (χ0) is 12.4. The molecule has 0 radical (unpaired) electrons. The summed E-state index contributed by atoms with van der Waals surface area (Å²) in [5.74, 6) is -0.695. The van der Waals surface area contributed by atoms with Gasteiger partial charge >= 0.3 is 0 Å². The Morgan fingerprint density at radius 3 is 2.71 bits per heavy atom. The number of halogens is 2. The van der Waals surface area contributed by atoms with Gasteiger partial charge in [-0.1, -0.05) is 0 Å². The van der Waals surface area contributed by atoms with Crippen molar-refractivity contribution < 1.29 is 8.78 Å². The number of hydrogen-bond donors (Lipinski definition) is 2. The van der Waals surface area contributed by atoms with Gasteiger partial charge < -0.3 is 11.1 Å². The molecule has 0 fully saturated rings. The minimum Gasteiger partial charge on any atom is -0.398 e. The maximum absolute atomic E-state index is 13.3. The van der Waals surface area contributed by atoms with Gasteiger partial charge in [0.15, 0.2) is 0 Å². The molecule has 0 saturated carbocycles. The van der Waals surface area contributed by atoms with E-state index in [2.05, 4.69) is 10.3 Å². The van der Waals surface area contributed by atoms with Crippen LogP contribution in [0.5, 0.6) is 0 Å². The van der Waals surface area contributed by atoms with Gasteiger partial charge in [-0.2, -0.15) is 0 Å². The Morgan fingerprint density at radius 1 is 1.24 bits per heavy atom. The Morgan fingerprint density at radius 2 is 2.00 bits per heavy atom. The molecule has 0 spiro atoms. The molecule has 0 aliphatic heterocycles. The third-order valence-corrected chi connectivity index (χ3v) is 2.34.